The molecule has 1 atom stereocenters. The molecule has 0 amide bonds. The summed E-state index contributed by atoms with van der Waals surface area (Å²) in [7, 11) is -3.27. The van der Waals surface area contributed by atoms with Crippen LogP contribution in [0.25, 0.3) is 0 Å². The van der Waals surface area contributed by atoms with Crippen LogP contribution in [0.3, 0.4) is 0 Å². The lowest BCUT2D eigenvalue weighted by Gasteiger charge is -2.33. The highest BCUT2D eigenvalue weighted by Gasteiger charge is 2.24. The zero-order valence-corrected chi connectivity index (χ0v) is 18.5. The molecule has 2 aromatic heterocycles. The van der Waals surface area contributed by atoms with Crippen LogP contribution in [0.15, 0.2) is 59.9 Å². The van der Waals surface area contributed by atoms with Gasteiger partial charge in [-0.15, -0.1) is 0 Å². The fourth-order valence-corrected chi connectivity index (χ4v) is 5.00. The average molecular weight is 441 g/mol. The van der Waals surface area contributed by atoms with Crippen LogP contribution in [0.4, 0.5) is 0 Å². The molecule has 0 bridgehead atoms. The molecule has 0 radical (unpaired) electrons. The summed E-state index contributed by atoms with van der Waals surface area (Å²) in [5, 5.41) is 6.85. The maximum Gasteiger partial charge on any atom is 0.178 e. The Balaban J connectivity index is 1.39. The molecule has 0 saturated carbocycles. The number of nitrogens with one attached hydrogen (secondary N) is 1. The van der Waals surface area contributed by atoms with Gasteiger partial charge in [0.05, 0.1) is 11.9 Å². The van der Waals surface area contributed by atoms with Crippen molar-refractivity contribution in [1.29, 1.82) is 0 Å². The number of pyridine rings is 1. The number of likely N-dealkylation sites (tertiary alicyclic amines) is 1. The number of hydrogen-bond acceptors (Lipinski definition) is 6. The number of aromatic amines is 1. The first-order valence-electron chi connectivity index (χ1n) is 10.5. The van der Waals surface area contributed by atoms with Crippen LogP contribution in [-0.4, -0.2) is 47.8 Å². The van der Waals surface area contributed by atoms with Crippen molar-refractivity contribution < 1.29 is 13.2 Å². The van der Waals surface area contributed by atoms with Crippen molar-refractivity contribution in [3.8, 4) is 5.75 Å². The lowest BCUT2D eigenvalue weighted by Crippen LogP contribution is -2.36. The number of rotatable bonds is 8. The highest BCUT2D eigenvalue weighted by atomic mass is 32.2. The van der Waals surface area contributed by atoms with E-state index in [1.54, 1.807) is 6.20 Å². The largest absolute Gasteiger partial charge is 0.489 e. The van der Waals surface area contributed by atoms with Crippen LogP contribution in [0.5, 0.6) is 5.75 Å². The van der Waals surface area contributed by atoms with Crippen LogP contribution in [0.1, 0.15) is 29.7 Å². The zero-order valence-electron chi connectivity index (χ0n) is 17.7. The molecule has 3 heterocycles. The third-order valence-electron chi connectivity index (χ3n) is 5.66. The standard InChI is InChI=1S/C23H28N4O3S/c1-31(28,29)23-14-25-26-21(23)12-18-7-5-11-27(15-18)16-20-8-2-3-9-22(20)30-17-19-6-4-10-24-13-19/h2-4,6,8-10,13-14,18H,5,7,11-12,15-17H2,1H3,(H,25,26). The third-order valence-corrected chi connectivity index (χ3v) is 6.81. The van der Waals surface area contributed by atoms with Crippen molar-refractivity contribution in [3.63, 3.8) is 0 Å². The van der Waals surface area contributed by atoms with Gasteiger partial charge in [-0.25, -0.2) is 8.42 Å². The molecule has 1 saturated heterocycles. The summed E-state index contributed by atoms with van der Waals surface area (Å²) in [5.41, 5.74) is 2.91. The van der Waals surface area contributed by atoms with E-state index in [2.05, 4.69) is 26.1 Å². The van der Waals surface area contributed by atoms with E-state index in [0.717, 1.165) is 55.0 Å². The molecule has 1 N–H and O–H groups in total. The van der Waals surface area contributed by atoms with Gasteiger partial charge in [-0.3, -0.25) is 15.0 Å². The summed E-state index contributed by atoms with van der Waals surface area (Å²) < 4.78 is 30.0. The fourth-order valence-electron chi connectivity index (χ4n) is 4.18. The molecule has 164 valence electrons. The summed E-state index contributed by atoms with van der Waals surface area (Å²) in [6.07, 6.45) is 9.09. The Labute approximate surface area is 183 Å². The maximum atomic E-state index is 12.0. The van der Waals surface area contributed by atoms with Crippen molar-refractivity contribution in [2.45, 2.75) is 37.3 Å². The van der Waals surface area contributed by atoms with E-state index in [1.165, 1.54) is 12.5 Å². The van der Waals surface area contributed by atoms with Crippen LogP contribution >= 0.6 is 0 Å². The molecule has 1 aliphatic rings. The molecule has 3 aromatic rings. The molecule has 0 spiro atoms. The van der Waals surface area contributed by atoms with Crippen LogP contribution in [0.2, 0.25) is 0 Å². The van der Waals surface area contributed by atoms with E-state index in [0.29, 0.717) is 23.8 Å². The van der Waals surface area contributed by atoms with E-state index in [9.17, 15) is 8.42 Å². The Hall–Kier alpha value is -2.71. The van der Waals surface area contributed by atoms with Gasteiger partial charge in [0.2, 0.25) is 0 Å². The van der Waals surface area contributed by atoms with Crippen LogP contribution < -0.4 is 4.74 Å². The molecule has 8 heteroatoms. The van der Waals surface area contributed by atoms with Crippen molar-refractivity contribution in [2.24, 2.45) is 5.92 Å². The normalized spacial score (nSPS) is 17.5. The van der Waals surface area contributed by atoms with E-state index in [-0.39, 0.29) is 0 Å². The average Bonchev–Trinajstić information content (AvgIpc) is 3.23. The van der Waals surface area contributed by atoms with Gasteiger partial charge < -0.3 is 4.74 Å². The summed E-state index contributed by atoms with van der Waals surface area (Å²) in [5.74, 6) is 1.28. The Kier molecular flexibility index (Phi) is 6.67. The van der Waals surface area contributed by atoms with Gasteiger partial charge in [-0.05, 0) is 43.9 Å². The number of H-pyrrole nitrogens is 1. The molecular formula is C23H28N4O3S. The first-order chi connectivity index (χ1) is 15.0. The molecule has 4 rings (SSSR count). The number of para-hydroxylation sites is 1. The minimum absolute atomic E-state index is 0.318. The van der Waals surface area contributed by atoms with Gasteiger partial charge in [0, 0.05) is 42.9 Å². The van der Waals surface area contributed by atoms with E-state index >= 15 is 0 Å². The molecule has 1 aliphatic heterocycles. The van der Waals surface area contributed by atoms with E-state index in [4.69, 9.17) is 4.74 Å². The second-order valence-corrected chi connectivity index (χ2v) is 10.2. The van der Waals surface area contributed by atoms with Crippen LogP contribution in [0, 0.1) is 5.92 Å². The monoisotopic (exact) mass is 440 g/mol. The number of hydrogen-bond donors (Lipinski definition) is 1. The number of benzene rings is 1. The lowest BCUT2D eigenvalue weighted by atomic mass is 9.93. The van der Waals surface area contributed by atoms with Crippen molar-refractivity contribution in [1.82, 2.24) is 20.1 Å². The predicted octanol–water partition coefficient (Wildman–Crippen LogP) is 3.24. The zero-order chi connectivity index (χ0) is 21.7. The molecule has 1 fully saturated rings. The summed E-state index contributed by atoms with van der Waals surface area (Å²) in [6.45, 7) is 3.23. The molecule has 7 nitrogen and oxygen atoms in total. The molecule has 1 aromatic carbocycles. The smallest absolute Gasteiger partial charge is 0.178 e. The fraction of sp³-hybridized carbons (Fsp3) is 0.391. The van der Waals surface area contributed by atoms with Gasteiger partial charge in [0.25, 0.3) is 0 Å². The van der Waals surface area contributed by atoms with Crippen molar-refractivity contribution >= 4 is 9.84 Å². The topological polar surface area (TPSA) is 88.2 Å². The number of piperidine rings is 1. The van der Waals surface area contributed by atoms with E-state index < -0.39 is 9.84 Å². The van der Waals surface area contributed by atoms with Gasteiger partial charge in [0.15, 0.2) is 9.84 Å². The molecule has 0 aliphatic carbocycles. The SMILES string of the molecule is CS(=O)(=O)c1cn[nH]c1CC1CCCN(Cc2ccccc2OCc2cccnc2)C1. The lowest BCUT2D eigenvalue weighted by molar-refractivity contribution is 0.163. The number of sulfone groups is 1. The minimum Gasteiger partial charge on any atom is -0.489 e. The number of nitrogens with zero attached hydrogens (tertiary/aromatic N) is 3. The minimum atomic E-state index is -3.27. The van der Waals surface area contributed by atoms with Crippen molar-refractivity contribution in [3.05, 3.63) is 71.8 Å². The predicted molar refractivity (Wildman–Crippen MR) is 118 cm³/mol. The molecule has 31 heavy (non-hydrogen) atoms. The number of ether oxygens (including phenoxy) is 1. The first kappa shape index (κ1) is 21.5. The Morgan fingerprint density at radius 1 is 1.19 bits per heavy atom. The highest BCUT2D eigenvalue weighted by molar-refractivity contribution is 7.90. The maximum absolute atomic E-state index is 12.0. The Morgan fingerprint density at radius 2 is 2.06 bits per heavy atom. The second-order valence-electron chi connectivity index (χ2n) is 8.19. The summed E-state index contributed by atoms with van der Waals surface area (Å²) in [4.78, 5) is 6.89. The van der Waals surface area contributed by atoms with Gasteiger partial charge >= 0.3 is 0 Å². The Bertz CT molecular complexity index is 1100. The first-order valence-corrected chi connectivity index (χ1v) is 12.4. The molecular weight excluding hydrogens is 412 g/mol. The quantitative estimate of drug-likeness (QED) is 0.579. The summed E-state index contributed by atoms with van der Waals surface area (Å²) in [6, 6.07) is 12.1. The number of aromatic nitrogens is 3. The van der Waals surface area contributed by atoms with Gasteiger partial charge in [0.1, 0.15) is 17.3 Å². The third kappa shape index (κ3) is 5.71. The molecule has 1 unspecified atom stereocenters. The van der Waals surface area contributed by atoms with Crippen LogP contribution in [-0.2, 0) is 29.4 Å². The summed E-state index contributed by atoms with van der Waals surface area (Å²) >= 11 is 0. The highest BCUT2D eigenvalue weighted by Crippen LogP contribution is 2.27. The van der Waals surface area contributed by atoms with Gasteiger partial charge in [-0.2, -0.15) is 5.10 Å². The van der Waals surface area contributed by atoms with Gasteiger partial charge in [-0.1, -0.05) is 24.3 Å². The Morgan fingerprint density at radius 3 is 2.87 bits per heavy atom. The second kappa shape index (κ2) is 9.62. The van der Waals surface area contributed by atoms with E-state index in [1.807, 2.05) is 36.5 Å². The van der Waals surface area contributed by atoms with Crippen molar-refractivity contribution in [2.75, 3.05) is 19.3 Å².